The highest BCUT2D eigenvalue weighted by Crippen LogP contribution is 2.09. The maximum atomic E-state index is 4.97. The van der Waals surface area contributed by atoms with Crippen molar-refractivity contribution in [1.29, 1.82) is 0 Å². The number of hydrogen-bond donors (Lipinski definition) is 0. The van der Waals surface area contributed by atoms with Gasteiger partial charge in [-0.25, -0.2) is 0 Å². The standard InChI is InChI=1S/C8H10O.C3H8S/c1-7-3-5-8(9-2)6-4-7;1-3-4-2/h3-6H,1-2H3;3H2,1-2H3. The maximum absolute atomic E-state index is 4.97. The van der Waals surface area contributed by atoms with E-state index in [-0.39, 0.29) is 0 Å². The lowest BCUT2D eigenvalue weighted by Gasteiger charge is -1.97. The topological polar surface area (TPSA) is 9.23 Å². The summed E-state index contributed by atoms with van der Waals surface area (Å²) in [7, 11) is 1.67. The zero-order chi connectivity index (χ0) is 10.1. The molecule has 0 aliphatic heterocycles. The summed E-state index contributed by atoms with van der Waals surface area (Å²) in [6.07, 6.45) is 2.10. The second-order valence-electron chi connectivity index (χ2n) is 2.59. The second kappa shape index (κ2) is 7.99. The lowest BCUT2D eigenvalue weighted by atomic mass is 10.2. The van der Waals surface area contributed by atoms with Crippen LogP contribution in [0.1, 0.15) is 12.5 Å². The van der Waals surface area contributed by atoms with Gasteiger partial charge in [0.2, 0.25) is 0 Å². The molecule has 0 radical (unpaired) electrons. The molecule has 0 spiro atoms. The van der Waals surface area contributed by atoms with Crippen molar-refractivity contribution in [3.05, 3.63) is 29.8 Å². The van der Waals surface area contributed by atoms with Crippen LogP contribution in [0.4, 0.5) is 0 Å². The van der Waals surface area contributed by atoms with Crippen LogP contribution in [-0.4, -0.2) is 19.1 Å². The Bertz CT molecular complexity index is 204. The quantitative estimate of drug-likeness (QED) is 0.720. The van der Waals surface area contributed by atoms with Crippen molar-refractivity contribution >= 4 is 11.8 Å². The molecule has 0 heterocycles. The van der Waals surface area contributed by atoms with Gasteiger partial charge in [-0.2, -0.15) is 11.8 Å². The van der Waals surface area contributed by atoms with Crippen LogP contribution in [0.3, 0.4) is 0 Å². The molecular weight excluding hydrogens is 180 g/mol. The van der Waals surface area contributed by atoms with Crippen molar-refractivity contribution < 1.29 is 4.74 Å². The van der Waals surface area contributed by atoms with Crippen molar-refractivity contribution in [2.24, 2.45) is 0 Å². The van der Waals surface area contributed by atoms with E-state index in [2.05, 4.69) is 20.1 Å². The van der Waals surface area contributed by atoms with Crippen LogP contribution in [-0.2, 0) is 0 Å². The lowest BCUT2D eigenvalue weighted by molar-refractivity contribution is 0.414. The average molecular weight is 198 g/mol. The number of aryl methyl sites for hydroxylation is 1. The Labute approximate surface area is 85.5 Å². The summed E-state index contributed by atoms with van der Waals surface area (Å²) in [4.78, 5) is 0. The molecule has 0 atom stereocenters. The van der Waals surface area contributed by atoms with Crippen LogP contribution >= 0.6 is 11.8 Å². The molecule has 0 amide bonds. The smallest absolute Gasteiger partial charge is 0.118 e. The molecule has 0 aliphatic rings. The fourth-order valence-electron chi connectivity index (χ4n) is 0.674. The van der Waals surface area contributed by atoms with E-state index in [0.29, 0.717) is 0 Å². The summed E-state index contributed by atoms with van der Waals surface area (Å²) < 4.78 is 4.97. The molecular formula is C11H18OS. The molecule has 13 heavy (non-hydrogen) atoms. The van der Waals surface area contributed by atoms with Crippen LogP contribution in [0.25, 0.3) is 0 Å². The number of hydrogen-bond acceptors (Lipinski definition) is 2. The minimum absolute atomic E-state index is 0.917. The molecule has 74 valence electrons. The third kappa shape index (κ3) is 6.52. The van der Waals surface area contributed by atoms with Crippen molar-refractivity contribution in [2.45, 2.75) is 13.8 Å². The molecule has 1 rings (SSSR count). The Morgan fingerprint density at radius 3 is 2.00 bits per heavy atom. The van der Waals surface area contributed by atoms with E-state index < -0.39 is 0 Å². The minimum atomic E-state index is 0.917. The van der Waals surface area contributed by atoms with Crippen LogP contribution in [0.5, 0.6) is 5.75 Å². The first-order chi connectivity index (χ1) is 6.24. The van der Waals surface area contributed by atoms with Gasteiger partial charge in [-0.05, 0) is 31.1 Å². The fraction of sp³-hybridized carbons (Fsp3) is 0.455. The third-order valence-electron chi connectivity index (χ3n) is 1.55. The monoisotopic (exact) mass is 198 g/mol. The van der Waals surface area contributed by atoms with Crippen LogP contribution in [0.2, 0.25) is 0 Å². The molecule has 0 aliphatic carbocycles. The Morgan fingerprint density at radius 2 is 1.69 bits per heavy atom. The molecule has 0 fully saturated rings. The predicted octanol–water partition coefficient (Wildman–Crippen LogP) is 3.37. The van der Waals surface area contributed by atoms with E-state index in [1.54, 1.807) is 7.11 Å². The van der Waals surface area contributed by atoms with Crippen molar-refractivity contribution in [3.63, 3.8) is 0 Å². The van der Waals surface area contributed by atoms with E-state index in [9.17, 15) is 0 Å². The van der Waals surface area contributed by atoms with Gasteiger partial charge in [0.1, 0.15) is 5.75 Å². The molecule has 1 aromatic carbocycles. The third-order valence-corrected chi connectivity index (χ3v) is 2.12. The van der Waals surface area contributed by atoms with Crippen LogP contribution in [0, 0.1) is 6.92 Å². The number of ether oxygens (including phenoxy) is 1. The molecule has 1 aromatic rings. The van der Waals surface area contributed by atoms with Crippen molar-refractivity contribution in [2.75, 3.05) is 19.1 Å². The zero-order valence-electron chi connectivity index (χ0n) is 8.83. The molecule has 0 unspecified atom stereocenters. The Morgan fingerprint density at radius 1 is 1.23 bits per heavy atom. The van der Waals surface area contributed by atoms with Gasteiger partial charge in [-0.3, -0.25) is 0 Å². The zero-order valence-corrected chi connectivity index (χ0v) is 9.65. The molecule has 0 aromatic heterocycles. The SMILES string of the molecule is CCSC.COc1ccc(C)cc1. The van der Waals surface area contributed by atoms with E-state index >= 15 is 0 Å². The summed E-state index contributed by atoms with van der Waals surface area (Å²) >= 11 is 1.86. The van der Waals surface area contributed by atoms with Gasteiger partial charge in [0.15, 0.2) is 0 Å². The van der Waals surface area contributed by atoms with Crippen LogP contribution in [0.15, 0.2) is 24.3 Å². The number of rotatable bonds is 2. The van der Waals surface area contributed by atoms with Gasteiger partial charge in [0.05, 0.1) is 7.11 Å². The summed E-state index contributed by atoms with van der Waals surface area (Å²) in [5, 5.41) is 0. The summed E-state index contributed by atoms with van der Waals surface area (Å²) in [6, 6.07) is 7.96. The first-order valence-electron chi connectivity index (χ1n) is 4.34. The Hall–Kier alpha value is -0.630. The van der Waals surface area contributed by atoms with Gasteiger partial charge >= 0.3 is 0 Å². The highest BCUT2D eigenvalue weighted by Gasteiger charge is 1.85. The summed E-state index contributed by atoms with van der Waals surface area (Å²) in [5.41, 5.74) is 1.26. The van der Waals surface area contributed by atoms with Gasteiger partial charge < -0.3 is 4.74 Å². The van der Waals surface area contributed by atoms with Gasteiger partial charge in [0.25, 0.3) is 0 Å². The molecule has 0 saturated heterocycles. The fourth-order valence-corrected chi connectivity index (χ4v) is 0.674. The molecule has 0 saturated carbocycles. The Balaban J connectivity index is 0.000000310. The molecule has 0 bridgehead atoms. The first kappa shape index (κ1) is 12.4. The summed E-state index contributed by atoms with van der Waals surface area (Å²) in [5.74, 6) is 2.15. The van der Waals surface area contributed by atoms with Gasteiger partial charge in [-0.1, -0.05) is 24.6 Å². The molecule has 2 heteroatoms. The number of benzene rings is 1. The normalized spacial score (nSPS) is 8.62. The van der Waals surface area contributed by atoms with Crippen molar-refractivity contribution in [3.8, 4) is 5.75 Å². The van der Waals surface area contributed by atoms with Gasteiger partial charge in [-0.15, -0.1) is 0 Å². The highest BCUT2D eigenvalue weighted by atomic mass is 32.2. The first-order valence-corrected chi connectivity index (χ1v) is 5.73. The van der Waals surface area contributed by atoms with Gasteiger partial charge in [0, 0.05) is 0 Å². The van der Waals surface area contributed by atoms with E-state index in [0.717, 1.165) is 5.75 Å². The minimum Gasteiger partial charge on any atom is -0.497 e. The average Bonchev–Trinajstić information content (AvgIpc) is 2.19. The number of thioether (sulfide) groups is 1. The van der Waals surface area contributed by atoms with E-state index in [1.807, 2.05) is 36.0 Å². The maximum Gasteiger partial charge on any atom is 0.118 e. The van der Waals surface area contributed by atoms with E-state index in [4.69, 9.17) is 4.74 Å². The Kier molecular flexibility index (Phi) is 7.60. The second-order valence-corrected chi connectivity index (χ2v) is 3.75. The molecule has 1 nitrogen and oxygen atoms in total. The predicted molar refractivity (Wildman–Crippen MR) is 61.8 cm³/mol. The summed E-state index contributed by atoms with van der Waals surface area (Å²) in [6.45, 7) is 4.20. The largest absolute Gasteiger partial charge is 0.497 e. The van der Waals surface area contributed by atoms with Crippen molar-refractivity contribution in [1.82, 2.24) is 0 Å². The van der Waals surface area contributed by atoms with E-state index in [1.165, 1.54) is 11.3 Å². The molecule has 0 N–H and O–H groups in total. The number of methoxy groups -OCH3 is 1. The highest BCUT2D eigenvalue weighted by molar-refractivity contribution is 7.98. The lowest BCUT2D eigenvalue weighted by Crippen LogP contribution is -1.80. The van der Waals surface area contributed by atoms with Crippen LogP contribution < -0.4 is 4.74 Å².